The quantitative estimate of drug-likeness (QED) is 0.617. The largest absolute Gasteiger partial charge is 0.382 e. The highest BCUT2D eigenvalue weighted by Crippen LogP contribution is 2.19. The summed E-state index contributed by atoms with van der Waals surface area (Å²) >= 11 is 0. The highest BCUT2D eigenvalue weighted by molar-refractivity contribution is 5.75. The van der Waals surface area contributed by atoms with Crippen molar-refractivity contribution in [3.05, 3.63) is 34.4 Å². The van der Waals surface area contributed by atoms with E-state index in [-0.39, 0.29) is 11.6 Å². The van der Waals surface area contributed by atoms with Gasteiger partial charge >= 0.3 is 0 Å². The monoisotopic (exact) mass is 278 g/mol. The minimum Gasteiger partial charge on any atom is -0.382 e. The van der Waals surface area contributed by atoms with Crippen LogP contribution in [0.1, 0.15) is 12.8 Å². The Labute approximate surface area is 116 Å². The lowest BCUT2D eigenvalue weighted by atomic mass is 10.0. The predicted molar refractivity (Wildman–Crippen MR) is 75.4 cm³/mol. The fraction of sp³-hybridized carbons (Fsp3) is 0.462. The van der Waals surface area contributed by atoms with E-state index >= 15 is 0 Å². The number of nitrogens with zero attached hydrogens (tertiary/aromatic N) is 2. The topological polar surface area (TPSA) is 102 Å². The van der Waals surface area contributed by atoms with Crippen LogP contribution in [0, 0.1) is 10.1 Å². The van der Waals surface area contributed by atoms with Gasteiger partial charge in [0, 0.05) is 37.0 Å². The number of carbonyl (C=O) groups is 1. The average molecular weight is 278 g/mol. The van der Waals surface area contributed by atoms with E-state index in [0.29, 0.717) is 12.6 Å². The van der Waals surface area contributed by atoms with Crippen LogP contribution < -0.4 is 11.1 Å². The number of hydrogen-bond donors (Lipinski definition) is 2. The second-order valence-corrected chi connectivity index (χ2v) is 4.97. The Morgan fingerprint density at radius 2 is 1.95 bits per heavy atom. The van der Waals surface area contributed by atoms with E-state index in [1.807, 2.05) is 4.90 Å². The molecule has 1 saturated heterocycles. The number of likely N-dealkylation sites (tertiary alicyclic amines) is 1. The molecule has 0 spiro atoms. The molecule has 0 unspecified atom stereocenters. The van der Waals surface area contributed by atoms with Gasteiger partial charge in [-0.25, -0.2) is 0 Å². The smallest absolute Gasteiger partial charge is 0.269 e. The van der Waals surface area contributed by atoms with E-state index < -0.39 is 4.92 Å². The molecule has 0 bridgehead atoms. The lowest BCUT2D eigenvalue weighted by Gasteiger charge is -2.32. The maximum atomic E-state index is 10.8. The number of carbonyl (C=O) groups excluding carboxylic acids is 1. The predicted octanol–water partition coefficient (Wildman–Crippen LogP) is 0.956. The summed E-state index contributed by atoms with van der Waals surface area (Å²) in [5.41, 5.74) is 6.14. The van der Waals surface area contributed by atoms with Crippen LogP contribution in [0.3, 0.4) is 0 Å². The van der Waals surface area contributed by atoms with Crippen molar-refractivity contribution >= 4 is 17.3 Å². The molecule has 7 heteroatoms. The molecule has 1 heterocycles. The van der Waals surface area contributed by atoms with Crippen molar-refractivity contribution in [1.82, 2.24) is 4.90 Å². The second kappa shape index (κ2) is 6.33. The number of primary amides is 1. The molecule has 1 aliphatic heterocycles. The van der Waals surface area contributed by atoms with E-state index in [0.717, 1.165) is 31.6 Å². The standard InChI is InChI=1S/C13H18N4O3/c14-13(18)9-16-7-5-11(6-8-16)15-10-1-3-12(4-2-10)17(19)20/h1-4,11,15H,5-9H2,(H2,14,18). The molecule has 2 rings (SSSR count). The zero-order valence-corrected chi connectivity index (χ0v) is 11.1. The number of nitro benzene ring substituents is 1. The number of rotatable bonds is 5. The van der Waals surface area contributed by atoms with Crippen molar-refractivity contribution in [3.8, 4) is 0 Å². The summed E-state index contributed by atoms with van der Waals surface area (Å²) in [7, 11) is 0. The number of nitrogens with one attached hydrogen (secondary N) is 1. The third-order valence-corrected chi connectivity index (χ3v) is 3.42. The lowest BCUT2D eigenvalue weighted by molar-refractivity contribution is -0.384. The third kappa shape index (κ3) is 3.92. The maximum Gasteiger partial charge on any atom is 0.269 e. The molecule has 0 atom stereocenters. The molecule has 1 aliphatic rings. The van der Waals surface area contributed by atoms with Gasteiger partial charge in [-0.2, -0.15) is 0 Å². The van der Waals surface area contributed by atoms with Crippen molar-refractivity contribution in [2.75, 3.05) is 25.0 Å². The Morgan fingerprint density at radius 3 is 2.45 bits per heavy atom. The number of benzene rings is 1. The summed E-state index contributed by atoms with van der Waals surface area (Å²) in [5.74, 6) is -0.299. The molecule has 0 saturated carbocycles. The minimum absolute atomic E-state index is 0.0897. The van der Waals surface area contributed by atoms with E-state index in [4.69, 9.17) is 5.73 Å². The Hall–Kier alpha value is -2.15. The number of non-ortho nitro benzene ring substituents is 1. The van der Waals surface area contributed by atoms with Gasteiger partial charge in [0.25, 0.3) is 5.69 Å². The minimum atomic E-state index is -0.411. The summed E-state index contributed by atoms with van der Waals surface area (Å²) < 4.78 is 0. The van der Waals surface area contributed by atoms with Crippen molar-refractivity contribution in [2.45, 2.75) is 18.9 Å². The van der Waals surface area contributed by atoms with Gasteiger partial charge in [-0.15, -0.1) is 0 Å². The van der Waals surface area contributed by atoms with Crippen LogP contribution in [0.4, 0.5) is 11.4 Å². The first-order valence-corrected chi connectivity index (χ1v) is 6.56. The first-order chi connectivity index (χ1) is 9.54. The number of nitrogens with two attached hydrogens (primary N) is 1. The molecule has 7 nitrogen and oxygen atoms in total. The van der Waals surface area contributed by atoms with Crippen molar-refractivity contribution < 1.29 is 9.72 Å². The zero-order valence-electron chi connectivity index (χ0n) is 11.1. The Kier molecular flexibility index (Phi) is 4.52. The molecule has 1 amide bonds. The van der Waals surface area contributed by atoms with Crippen LogP contribution in [0.2, 0.25) is 0 Å². The van der Waals surface area contributed by atoms with Gasteiger partial charge in [-0.3, -0.25) is 19.8 Å². The molecule has 108 valence electrons. The van der Waals surface area contributed by atoms with Gasteiger partial charge < -0.3 is 11.1 Å². The molecule has 0 radical (unpaired) electrons. The number of piperidine rings is 1. The van der Waals surface area contributed by atoms with Crippen molar-refractivity contribution in [1.29, 1.82) is 0 Å². The first-order valence-electron chi connectivity index (χ1n) is 6.56. The highest BCUT2D eigenvalue weighted by Gasteiger charge is 2.20. The van der Waals surface area contributed by atoms with Crippen LogP contribution in [-0.2, 0) is 4.79 Å². The summed E-state index contributed by atoms with van der Waals surface area (Å²) in [6, 6.07) is 6.73. The van der Waals surface area contributed by atoms with E-state index in [1.165, 1.54) is 12.1 Å². The lowest BCUT2D eigenvalue weighted by Crippen LogP contribution is -2.42. The Bertz CT molecular complexity index is 481. The van der Waals surface area contributed by atoms with Gasteiger partial charge in [0.15, 0.2) is 0 Å². The van der Waals surface area contributed by atoms with Gasteiger partial charge in [0.1, 0.15) is 0 Å². The Morgan fingerprint density at radius 1 is 1.35 bits per heavy atom. The summed E-state index contributed by atoms with van der Waals surface area (Å²) in [4.78, 5) is 23.0. The highest BCUT2D eigenvalue weighted by atomic mass is 16.6. The molecule has 1 aromatic carbocycles. The molecule has 20 heavy (non-hydrogen) atoms. The fourth-order valence-electron chi connectivity index (χ4n) is 2.37. The van der Waals surface area contributed by atoms with E-state index in [9.17, 15) is 14.9 Å². The summed E-state index contributed by atoms with van der Waals surface area (Å²) in [5, 5.41) is 13.9. The van der Waals surface area contributed by atoms with Crippen LogP contribution in [0.5, 0.6) is 0 Å². The van der Waals surface area contributed by atoms with Gasteiger partial charge in [0.2, 0.25) is 5.91 Å². The van der Waals surface area contributed by atoms with E-state index in [1.54, 1.807) is 12.1 Å². The SMILES string of the molecule is NC(=O)CN1CCC(Nc2ccc([N+](=O)[O-])cc2)CC1. The normalized spacial score (nSPS) is 16.8. The van der Waals surface area contributed by atoms with Gasteiger partial charge in [0.05, 0.1) is 11.5 Å². The fourth-order valence-corrected chi connectivity index (χ4v) is 2.37. The van der Waals surface area contributed by atoms with Gasteiger partial charge in [-0.05, 0) is 25.0 Å². The zero-order chi connectivity index (χ0) is 14.5. The molecule has 1 fully saturated rings. The van der Waals surface area contributed by atoms with Crippen molar-refractivity contribution in [3.63, 3.8) is 0 Å². The molecule has 1 aromatic rings. The average Bonchev–Trinajstić information content (AvgIpc) is 2.41. The number of amides is 1. The number of anilines is 1. The van der Waals surface area contributed by atoms with E-state index in [2.05, 4.69) is 5.32 Å². The third-order valence-electron chi connectivity index (χ3n) is 3.42. The van der Waals surface area contributed by atoms with Crippen molar-refractivity contribution in [2.24, 2.45) is 5.73 Å². The number of nitro groups is 1. The van der Waals surface area contributed by atoms with Gasteiger partial charge in [-0.1, -0.05) is 0 Å². The Balaban J connectivity index is 1.83. The summed E-state index contributed by atoms with van der Waals surface area (Å²) in [6.45, 7) is 1.96. The van der Waals surface area contributed by atoms with Crippen LogP contribution in [0.15, 0.2) is 24.3 Å². The van der Waals surface area contributed by atoms with Crippen LogP contribution in [0.25, 0.3) is 0 Å². The maximum absolute atomic E-state index is 10.8. The second-order valence-electron chi connectivity index (χ2n) is 4.97. The molecule has 0 aromatic heterocycles. The number of hydrogen-bond acceptors (Lipinski definition) is 5. The molecular weight excluding hydrogens is 260 g/mol. The van der Waals surface area contributed by atoms with Crippen LogP contribution >= 0.6 is 0 Å². The first kappa shape index (κ1) is 14.3. The molecule has 3 N–H and O–H groups in total. The molecule has 0 aliphatic carbocycles. The summed E-state index contributed by atoms with van der Waals surface area (Å²) in [6.07, 6.45) is 1.84. The van der Waals surface area contributed by atoms with Crippen LogP contribution in [-0.4, -0.2) is 41.4 Å². The molecular formula is C13H18N4O3.